The van der Waals surface area contributed by atoms with Gasteiger partial charge in [-0.25, -0.2) is 0 Å². The Labute approximate surface area is 144 Å². The lowest BCUT2D eigenvalue weighted by atomic mass is 9.81. The molecule has 1 unspecified atom stereocenters. The second-order valence-electron chi connectivity index (χ2n) is 5.53. The van der Waals surface area contributed by atoms with Gasteiger partial charge in [-0.05, 0) is 42.5 Å². The van der Waals surface area contributed by atoms with E-state index in [1.54, 1.807) is 6.26 Å². The fourth-order valence-corrected chi connectivity index (χ4v) is 3.69. The van der Waals surface area contributed by atoms with E-state index in [1.807, 2.05) is 25.1 Å². The Hall–Kier alpha value is -1.98. The van der Waals surface area contributed by atoms with Crippen LogP contribution >= 0.6 is 23.2 Å². The molecule has 0 spiro atoms. The van der Waals surface area contributed by atoms with Crippen molar-refractivity contribution in [2.75, 3.05) is 0 Å². The van der Waals surface area contributed by atoms with Gasteiger partial charge in [0.25, 0.3) is 0 Å². The maximum atomic E-state index is 6.35. The third-order valence-corrected chi connectivity index (χ3v) is 4.56. The fraction of sp³-hybridized carbons (Fsp3) is 0.250. The van der Waals surface area contributed by atoms with Crippen LogP contribution in [-0.4, -0.2) is 11.7 Å². The summed E-state index contributed by atoms with van der Waals surface area (Å²) in [7, 11) is 0. The molecule has 120 valence electrons. The first-order chi connectivity index (χ1) is 11.0. The molecule has 0 fully saturated rings. The van der Waals surface area contributed by atoms with E-state index in [9.17, 15) is 0 Å². The number of nitrogens with two attached hydrogens (primary N) is 2. The molecule has 0 amide bonds. The number of halogens is 2. The van der Waals surface area contributed by atoms with Gasteiger partial charge in [0.2, 0.25) is 5.96 Å². The first kappa shape index (κ1) is 15.9. The number of furan rings is 1. The fourth-order valence-electron chi connectivity index (χ4n) is 2.98. The standard InChI is InChI=1S/C16H16Cl2N4O/c1-8-7-23-13-6-9(15-10(17)3-2-4-11(15)18)5-12(14(8)13)21-22-16(19)20/h2-4,7,9H,5-6H2,1H3,(H4,19,20,22). The van der Waals surface area contributed by atoms with Crippen molar-refractivity contribution in [1.29, 1.82) is 0 Å². The van der Waals surface area contributed by atoms with Crippen LogP contribution in [0.15, 0.2) is 39.1 Å². The molecule has 1 aromatic carbocycles. The van der Waals surface area contributed by atoms with E-state index in [0.717, 1.165) is 28.2 Å². The number of fused-ring (bicyclic) bond motifs is 1. The average molecular weight is 351 g/mol. The molecule has 0 radical (unpaired) electrons. The van der Waals surface area contributed by atoms with Crippen LogP contribution in [-0.2, 0) is 6.42 Å². The Morgan fingerprint density at radius 1 is 1.22 bits per heavy atom. The number of guanidine groups is 1. The molecule has 1 aliphatic carbocycles. The summed E-state index contributed by atoms with van der Waals surface area (Å²) in [4.78, 5) is 0. The van der Waals surface area contributed by atoms with Gasteiger partial charge in [0.05, 0.1) is 12.0 Å². The maximum absolute atomic E-state index is 6.35. The molecule has 2 aromatic rings. The Morgan fingerprint density at radius 2 is 1.91 bits per heavy atom. The van der Waals surface area contributed by atoms with Crippen molar-refractivity contribution in [2.24, 2.45) is 21.7 Å². The van der Waals surface area contributed by atoms with Gasteiger partial charge in [0.15, 0.2) is 0 Å². The van der Waals surface area contributed by atoms with Crippen molar-refractivity contribution in [1.82, 2.24) is 0 Å². The van der Waals surface area contributed by atoms with Gasteiger partial charge in [-0.3, -0.25) is 0 Å². The lowest BCUT2D eigenvalue weighted by Crippen LogP contribution is -2.23. The van der Waals surface area contributed by atoms with Crippen LogP contribution in [0.4, 0.5) is 0 Å². The minimum Gasteiger partial charge on any atom is -0.468 e. The van der Waals surface area contributed by atoms with Crippen LogP contribution < -0.4 is 11.5 Å². The molecule has 0 bridgehead atoms. The topological polar surface area (TPSA) is 89.9 Å². The summed E-state index contributed by atoms with van der Waals surface area (Å²) in [6.45, 7) is 1.97. The van der Waals surface area contributed by atoms with E-state index in [0.29, 0.717) is 22.9 Å². The predicted molar refractivity (Wildman–Crippen MR) is 93.3 cm³/mol. The van der Waals surface area contributed by atoms with Gasteiger partial charge in [0.1, 0.15) is 5.76 Å². The van der Waals surface area contributed by atoms with Crippen molar-refractivity contribution in [3.05, 3.63) is 57.0 Å². The van der Waals surface area contributed by atoms with E-state index in [-0.39, 0.29) is 11.9 Å². The average Bonchev–Trinajstić information content (AvgIpc) is 2.86. The summed E-state index contributed by atoms with van der Waals surface area (Å²) in [5, 5.41) is 9.26. The van der Waals surface area contributed by atoms with E-state index >= 15 is 0 Å². The largest absolute Gasteiger partial charge is 0.468 e. The Bertz CT molecular complexity index is 786. The highest BCUT2D eigenvalue weighted by molar-refractivity contribution is 6.36. The zero-order valence-corrected chi connectivity index (χ0v) is 14.0. The number of hydrogen-bond acceptors (Lipinski definition) is 3. The Kier molecular flexibility index (Phi) is 4.33. The number of nitrogens with zero attached hydrogens (tertiary/aromatic N) is 2. The van der Waals surface area contributed by atoms with Crippen LogP contribution in [0.5, 0.6) is 0 Å². The van der Waals surface area contributed by atoms with E-state index in [1.165, 1.54) is 0 Å². The normalized spacial score (nSPS) is 18.7. The van der Waals surface area contributed by atoms with Gasteiger partial charge < -0.3 is 15.9 Å². The van der Waals surface area contributed by atoms with E-state index in [4.69, 9.17) is 39.1 Å². The molecule has 1 atom stereocenters. The molecule has 0 aliphatic heterocycles. The van der Waals surface area contributed by atoms with Gasteiger partial charge in [0, 0.05) is 22.0 Å². The first-order valence-electron chi connectivity index (χ1n) is 7.14. The first-order valence-corrected chi connectivity index (χ1v) is 7.89. The quantitative estimate of drug-likeness (QED) is 0.492. The molecule has 1 heterocycles. The Balaban J connectivity index is 2.08. The highest BCUT2D eigenvalue weighted by atomic mass is 35.5. The van der Waals surface area contributed by atoms with Crippen LogP contribution in [0.1, 0.15) is 34.8 Å². The molecule has 4 N–H and O–H groups in total. The van der Waals surface area contributed by atoms with Crippen molar-refractivity contribution >= 4 is 34.9 Å². The summed E-state index contributed by atoms with van der Waals surface area (Å²) in [5.41, 5.74) is 14.4. The molecule has 7 heteroatoms. The molecular formula is C16H16Cl2N4O. The molecule has 1 aliphatic rings. The van der Waals surface area contributed by atoms with Crippen LogP contribution in [0.25, 0.3) is 0 Å². The molecule has 23 heavy (non-hydrogen) atoms. The number of hydrogen-bond donors (Lipinski definition) is 2. The lowest BCUT2D eigenvalue weighted by Gasteiger charge is -2.24. The third-order valence-electron chi connectivity index (χ3n) is 3.91. The van der Waals surface area contributed by atoms with Crippen molar-refractivity contribution in [3.63, 3.8) is 0 Å². The second kappa shape index (κ2) is 6.26. The highest BCUT2D eigenvalue weighted by Crippen LogP contribution is 2.40. The van der Waals surface area contributed by atoms with Crippen molar-refractivity contribution in [3.8, 4) is 0 Å². The SMILES string of the molecule is Cc1coc2c1C(=NN=C(N)N)CC(c1c(Cl)cccc1Cl)C2. The Morgan fingerprint density at radius 3 is 2.57 bits per heavy atom. The molecule has 0 saturated carbocycles. The molecule has 3 rings (SSSR count). The zero-order chi connectivity index (χ0) is 16.6. The summed E-state index contributed by atoms with van der Waals surface area (Å²) in [5.74, 6) is 0.819. The minimum atomic E-state index is -0.0851. The van der Waals surface area contributed by atoms with Gasteiger partial charge in [-0.2, -0.15) is 5.10 Å². The third kappa shape index (κ3) is 3.07. The van der Waals surface area contributed by atoms with E-state index in [2.05, 4.69) is 10.2 Å². The zero-order valence-electron chi connectivity index (χ0n) is 12.5. The number of aryl methyl sites for hydroxylation is 1. The van der Waals surface area contributed by atoms with Gasteiger partial charge in [-0.1, -0.05) is 29.3 Å². The summed E-state index contributed by atoms with van der Waals surface area (Å²) < 4.78 is 5.68. The minimum absolute atomic E-state index is 0.0576. The van der Waals surface area contributed by atoms with Crippen LogP contribution in [0.2, 0.25) is 10.0 Å². The van der Waals surface area contributed by atoms with Crippen molar-refractivity contribution < 1.29 is 4.42 Å². The number of rotatable bonds is 2. The van der Waals surface area contributed by atoms with Gasteiger partial charge >= 0.3 is 0 Å². The highest BCUT2D eigenvalue weighted by Gasteiger charge is 2.31. The van der Waals surface area contributed by atoms with Gasteiger partial charge in [-0.15, -0.1) is 5.10 Å². The smallest absolute Gasteiger partial charge is 0.211 e. The monoisotopic (exact) mass is 350 g/mol. The maximum Gasteiger partial charge on any atom is 0.211 e. The number of benzene rings is 1. The summed E-state index contributed by atoms with van der Waals surface area (Å²) in [6.07, 6.45) is 3.05. The second-order valence-corrected chi connectivity index (χ2v) is 6.34. The summed E-state index contributed by atoms with van der Waals surface area (Å²) in [6, 6.07) is 5.49. The van der Waals surface area contributed by atoms with Crippen molar-refractivity contribution in [2.45, 2.75) is 25.7 Å². The summed E-state index contributed by atoms with van der Waals surface area (Å²) >= 11 is 12.7. The molecule has 5 nitrogen and oxygen atoms in total. The van der Waals surface area contributed by atoms with Crippen LogP contribution in [0.3, 0.4) is 0 Å². The molecular weight excluding hydrogens is 335 g/mol. The lowest BCUT2D eigenvalue weighted by molar-refractivity contribution is 0.480. The predicted octanol–water partition coefficient (Wildman–Crippen LogP) is 3.60. The molecule has 0 saturated heterocycles. The molecule has 1 aromatic heterocycles. The van der Waals surface area contributed by atoms with E-state index < -0.39 is 0 Å². The van der Waals surface area contributed by atoms with Crippen LogP contribution in [0, 0.1) is 6.92 Å².